The van der Waals surface area contributed by atoms with Gasteiger partial charge >= 0.3 is 5.69 Å². The third-order valence-electron chi connectivity index (χ3n) is 1.45. The highest BCUT2D eigenvalue weighted by Gasteiger charge is 2.17. The highest BCUT2D eigenvalue weighted by molar-refractivity contribution is 5.54. The van der Waals surface area contributed by atoms with Crippen LogP contribution < -0.4 is 0 Å². The Morgan fingerprint density at radius 2 is 2.00 bits per heavy atom. The smallest absolute Gasteiger partial charge is 0.313 e. The van der Waals surface area contributed by atoms with Gasteiger partial charge in [-0.1, -0.05) is 0 Å². The highest BCUT2D eigenvalue weighted by Crippen LogP contribution is 2.32. The zero-order valence-electron chi connectivity index (χ0n) is 6.31. The Balaban J connectivity index is 3.38. The van der Waals surface area contributed by atoms with Crippen LogP contribution in [0.4, 0.5) is 5.69 Å². The van der Waals surface area contributed by atoms with Gasteiger partial charge in [-0.25, -0.2) is 0 Å². The number of nitro groups is 1. The van der Waals surface area contributed by atoms with E-state index < -0.39 is 10.7 Å². The molecule has 0 bridgehead atoms. The first-order chi connectivity index (χ1) is 5.52. The molecule has 1 rings (SSSR count). The first kappa shape index (κ1) is 8.32. The molecule has 1 aromatic carbocycles. The minimum absolute atomic E-state index is 0.185. The lowest BCUT2D eigenvalue weighted by molar-refractivity contribution is -0.386. The van der Waals surface area contributed by atoms with Gasteiger partial charge in [0, 0.05) is 11.6 Å². The SMILES string of the molecule is Cc1cc(O)cc(O)c1[N+](=O)[O-]. The van der Waals surface area contributed by atoms with Crippen LogP contribution in [0.25, 0.3) is 0 Å². The number of hydrogen-bond donors (Lipinski definition) is 2. The summed E-state index contributed by atoms with van der Waals surface area (Å²) in [6.07, 6.45) is 0. The van der Waals surface area contributed by atoms with Crippen molar-refractivity contribution in [2.24, 2.45) is 0 Å². The largest absolute Gasteiger partial charge is 0.508 e. The number of hydrogen-bond acceptors (Lipinski definition) is 4. The fourth-order valence-corrected chi connectivity index (χ4v) is 0.980. The molecule has 0 saturated carbocycles. The Kier molecular flexibility index (Phi) is 1.86. The quantitative estimate of drug-likeness (QED) is 0.490. The number of nitro benzene ring substituents is 1. The zero-order chi connectivity index (χ0) is 9.30. The lowest BCUT2D eigenvalue weighted by Gasteiger charge is -1.99. The van der Waals surface area contributed by atoms with E-state index in [-0.39, 0.29) is 17.0 Å². The molecule has 5 heteroatoms. The summed E-state index contributed by atoms with van der Waals surface area (Å²) >= 11 is 0. The molecule has 0 unspecified atom stereocenters. The Morgan fingerprint density at radius 3 is 2.42 bits per heavy atom. The summed E-state index contributed by atoms with van der Waals surface area (Å²) in [5, 5.41) is 28.3. The fourth-order valence-electron chi connectivity index (χ4n) is 0.980. The molecular weight excluding hydrogens is 162 g/mol. The molecule has 0 aromatic heterocycles. The van der Waals surface area contributed by atoms with Crippen molar-refractivity contribution in [3.63, 3.8) is 0 Å². The van der Waals surface area contributed by atoms with E-state index in [0.717, 1.165) is 6.07 Å². The number of rotatable bonds is 1. The standard InChI is InChI=1S/C7H7NO4/c1-4-2-5(9)3-6(10)7(4)8(11)12/h2-3,9-10H,1H3. The second kappa shape index (κ2) is 2.69. The molecule has 0 aliphatic carbocycles. The number of aromatic hydroxyl groups is 2. The summed E-state index contributed by atoms with van der Waals surface area (Å²) in [7, 11) is 0. The van der Waals surface area contributed by atoms with Crippen molar-refractivity contribution in [1.82, 2.24) is 0 Å². The maximum atomic E-state index is 10.3. The Labute approximate surface area is 68.0 Å². The Hall–Kier alpha value is -1.78. The monoisotopic (exact) mass is 169 g/mol. The van der Waals surface area contributed by atoms with E-state index in [9.17, 15) is 10.1 Å². The molecule has 2 N–H and O–H groups in total. The van der Waals surface area contributed by atoms with Crippen LogP contribution in [0.15, 0.2) is 12.1 Å². The molecule has 0 fully saturated rings. The van der Waals surface area contributed by atoms with E-state index >= 15 is 0 Å². The van der Waals surface area contributed by atoms with Crippen LogP contribution >= 0.6 is 0 Å². The van der Waals surface area contributed by atoms with Crippen molar-refractivity contribution in [2.45, 2.75) is 6.92 Å². The van der Waals surface area contributed by atoms with Crippen molar-refractivity contribution in [3.8, 4) is 11.5 Å². The van der Waals surface area contributed by atoms with Crippen LogP contribution in [0.1, 0.15) is 5.56 Å². The van der Waals surface area contributed by atoms with Gasteiger partial charge in [-0.15, -0.1) is 0 Å². The predicted molar refractivity (Wildman–Crippen MR) is 41.2 cm³/mol. The van der Waals surface area contributed by atoms with Gasteiger partial charge in [0.2, 0.25) is 0 Å². The minimum atomic E-state index is -0.690. The third kappa shape index (κ3) is 1.29. The second-order valence-electron chi connectivity index (χ2n) is 2.39. The van der Waals surface area contributed by atoms with Crippen LogP contribution in [-0.4, -0.2) is 15.1 Å². The first-order valence-corrected chi connectivity index (χ1v) is 3.19. The van der Waals surface area contributed by atoms with E-state index in [1.165, 1.54) is 13.0 Å². The molecule has 5 nitrogen and oxygen atoms in total. The van der Waals surface area contributed by atoms with E-state index in [2.05, 4.69) is 0 Å². The normalized spacial score (nSPS) is 9.75. The summed E-state index contributed by atoms with van der Waals surface area (Å²) in [5.74, 6) is -0.701. The number of benzene rings is 1. The molecule has 0 saturated heterocycles. The molecule has 0 spiro atoms. The van der Waals surface area contributed by atoms with Crippen LogP contribution in [-0.2, 0) is 0 Å². The van der Waals surface area contributed by atoms with Crippen LogP contribution in [0, 0.1) is 17.0 Å². The maximum absolute atomic E-state index is 10.3. The molecule has 64 valence electrons. The third-order valence-corrected chi connectivity index (χ3v) is 1.45. The van der Waals surface area contributed by atoms with Crippen LogP contribution in [0.5, 0.6) is 11.5 Å². The molecule has 0 heterocycles. The zero-order valence-corrected chi connectivity index (χ0v) is 6.31. The van der Waals surface area contributed by atoms with Crippen LogP contribution in [0.3, 0.4) is 0 Å². The van der Waals surface area contributed by atoms with Crippen molar-refractivity contribution in [3.05, 3.63) is 27.8 Å². The van der Waals surface area contributed by atoms with Gasteiger partial charge in [-0.3, -0.25) is 10.1 Å². The van der Waals surface area contributed by atoms with Gasteiger partial charge in [0.15, 0.2) is 5.75 Å². The maximum Gasteiger partial charge on any atom is 0.313 e. The van der Waals surface area contributed by atoms with Gasteiger partial charge in [-0.2, -0.15) is 0 Å². The summed E-state index contributed by atoms with van der Waals surface area (Å²) in [6.45, 7) is 1.44. The fraction of sp³-hybridized carbons (Fsp3) is 0.143. The van der Waals surface area contributed by atoms with Crippen molar-refractivity contribution < 1.29 is 15.1 Å². The van der Waals surface area contributed by atoms with Gasteiger partial charge in [0.25, 0.3) is 0 Å². The number of aryl methyl sites for hydroxylation is 1. The molecule has 1 aromatic rings. The number of nitrogens with zero attached hydrogens (tertiary/aromatic N) is 1. The topological polar surface area (TPSA) is 83.6 Å². The van der Waals surface area contributed by atoms with Gasteiger partial charge in [0.1, 0.15) is 5.75 Å². The lowest BCUT2D eigenvalue weighted by Crippen LogP contribution is -1.91. The molecule has 0 radical (unpaired) electrons. The van der Waals surface area contributed by atoms with Crippen molar-refractivity contribution >= 4 is 5.69 Å². The molecule has 12 heavy (non-hydrogen) atoms. The lowest BCUT2D eigenvalue weighted by atomic mass is 10.2. The summed E-state index contributed by atoms with van der Waals surface area (Å²) in [6, 6.07) is 2.16. The number of phenols is 2. The molecule has 0 aliphatic rings. The van der Waals surface area contributed by atoms with Crippen molar-refractivity contribution in [1.29, 1.82) is 0 Å². The van der Waals surface area contributed by atoms with Gasteiger partial charge in [-0.05, 0) is 13.0 Å². The first-order valence-electron chi connectivity index (χ1n) is 3.19. The Bertz CT molecular complexity index is 311. The van der Waals surface area contributed by atoms with E-state index in [0.29, 0.717) is 0 Å². The summed E-state index contributed by atoms with van der Waals surface area (Å²) < 4.78 is 0. The van der Waals surface area contributed by atoms with Crippen molar-refractivity contribution in [2.75, 3.05) is 0 Å². The average molecular weight is 169 g/mol. The average Bonchev–Trinajstić information content (AvgIpc) is 1.82. The predicted octanol–water partition coefficient (Wildman–Crippen LogP) is 1.31. The van der Waals surface area contributed by atoms with E-state index in [1.54, 1.807) is 0 Å². The molecule has 0 aliphatic heterocycles. The number of phenolic OH excluding ortho intramolecular Hbond substituents is 2. The van der Waals surface area contributed by atoms with Crippen LogP contribution in [0.2, 0.25) is 0 Å². The summed E-state index contributed by atoms with van der Waals surface area (Å²) in [5.41, 5.74) is -0.134. The summed E-state index contributed by atoms with van der Waals surface area (Å²) in [4.78, 5) is 9.63. The molecular formula is C7H7NO4. The molecule has 0 atom stereocenters. The van der Waals surface area contributed by atoms with Gasteiger partial charge < -0.3 is 10.2 Å². The van der Waals surface area contributed by atoms with E-state index in [4.69, 9.17) is 10.2 Å². The highest BCUT2D eigenvalue weighted by atomic mass is 16.6. The van der Waals surface area contributed by atoms with E-state index in [1.807, 2.05) is 0 Å². The Morgan fingerprint density at radius 1 is 1.42 bits per heavy atom. The minimum Gasteiger partial charge on any atom is -0.508 e. The molecule has 0 amide bonds. The van der Waals surface area contributed by atoms with Gasteiger partial charge in [0.05, 0.1) is 4.92 Å². The second-order valence-corrected chi connectivity index (χ2v) is 2.39.